The Hall–Kier alpha value is -4.35. The number of hydrogen-bond donors (Lipinski definition) is 1. The van der Waals surface area contributed by atoms with Gasteiger partial charge in [0.05, 0.1) is 35.7 Å². The van der Waals surface area contributed by atoms with Crippen LogP contribution in [0.5, 0.6) is 0 Å². The smallest absolute Gasteiger partial charge is 0.271 e. The fraction of sp³-hybridized carbons (Fsp3) is 0.174. The molecule has 0 amide bonds. The van der Waals surface area contributed by atoms with Crippen LogP contribution in [0.15, 0.2) is 55.1 Å². The highest BCUT2D eigenvalue weighted by atomic mass is 19.3. The molecule has 0 aliphatic rings. The van der Waals surface area contributed by atoms with Gasteiger partial charge in [-0.3, -0.25) is 9.67 Å². The minimum absolute atomic E-state index is 0.00661. The van der Waals surface area contributed by atoms with Crippen LogP contribution in [0.2, 0.25) is 0 Å². The highest BCUT2D eigenvalue weighted by molar-refractivity contribution is 5.68. The molecule has 2 N–H and O–H groups in total. The summed E-state index contributed by atoms with van der Waals surface area (Å²) in [7, 11) is 0. The van der Waals surface area contributed by atoms with Crippen molar-refractivity contribution in [2.45, 2.75) is 25.8 Å². The second-order valence-corrected chi connectivity index (χ2v) is 8.12. The van der Waals surface area contributed by atoms with Crippen molar-refractivity contribution in [1.82, 2.24) is 34.3 Å². The van der Waals surface area contributed by atoms with E-state index in [9.17, 15) is 17.6 Å². The van der Waals surface area contributed by atoms with E-state index in [0.29, 0.717) is 22.6 Å². The van der Waals surface area contributed by atoms with Crippen molar-refractivity contribution in [2.75, 3.05) is 5.73 Å². The number of halogens is 4. The lowest BCUT2D eigenvalue weighted by atomic mass is 10.0. The van der Waals surface area contributed by atoms with E-state index in [1.54, 1.807) is 6.92 Å². The third-order valence-corrected chi connectivity index (χ3v) is 5.47. The topological polar surface area (TPSA) is 99.8 Å². The fourth-order valence-electron chi connectivity index (χ4n) is 3.93. The van der Waals surface area contributed by atoms with Crippen LogP contribution in [-0.2, 0) is 0 Å². The largest absolute Gasteiger partial charge is 0.366 e. The molecule has 1 aromatic carbocycles. The predicted molar refractivity (Wildman–Crippen MR) is 120 cm³/mol. The molecule has 4 aromatic heterocycles. The number of nitrogens with two attached hydrogens (primary N) is 1. The maximum absolute atomic E-state index is 14.8. The van der Waals surface area contributed by atoms with Gasteiger partial charge < -0.3 is 5.73 Å². The van der Waals surface area contributed by atoms with Crippen molar-refractivity contribution in [3.05, 3.63) is 78.0 Å². The van der Waals surface area contributed by atoms with Gasteiger partial charge in [-0.2, -0.15) is 10.1 Å². The number of pyridine rings is 1. The van der Waals surface area contributed by atoms with Crippen LogP contribution in [0.1, 0.15) is 24.2 Å². The second-order valence-electron chi connectivity index (χ2n) is 8.12. The molecule has 5 aromatic rings. The van der Waals surface area contributed by atoms with E-state index in [1.165, 1.54) is 41.3 Å². The maximum Gasteiger partial charge on any atom is 0.271 e. The van der Waals surface area contributed by atoms with E-state index in [1.807, 2.05) is 0 Å². The van der Waals surface area contributed by atoms with E-state index < -0.39 is 23.6 Å². The summed E-state index contributed by atoms with van der Waals surface area (Å²) >= 11 is 0. The molecule has 4 heterocycles. The van der Waals surface area contributed by atoms with Crippen molar-refractivity contribution in [1.29, 1.82) is 0 Å². The number of aryl methyl sites for hydroxylation is 1. The van der Waals surface area contributed by atoms with Crippen LogP contribution in [0.3, 0.4) is 0 Å². The number of hydrogen-bond acceptors (Lipinski definition) is 6. The molecule has 12 heteroatoms. The quantitative estimate of drug-likeness (QED) is 0.371. The zero-order valence-corrected chi connectivity index (χ0v) is 18.5. The number of rotatable bonds is 5. The zero-order valence-electron chi connectivity index (χ0n) is 18.5. The standard InChI is InChI=1S/C23H18F4N8/c1-12-16(10-35(32-12)21(23(2,26)27)13-3-5-14(24)6-4-13)19-9-29-8-18(30-19)15-7-20-31-22(28)33-34(20)11-17(15)25/h3-11,21H,1-2H3,(H2,28,33)/t21-/m1/s1. The molecule has 0 saturated heterocycles. The molecule has 0 aliphatic carbocycles. The molecule has 5 rings (SSSR count). The Labute approximate surface area is 196 Å². The summed E-state index contributed by atoms with van der Waals surface area (Å²) in [4.78, 5) is 12.7. The summed E-state index contributed by atoms with van der Waals surface area (Å²) in [6.07, 6.45) is 5.36. The normalized spacial score (nSPS) is 12.9. The summed E-state index contributed by atoms with van der Waals surface area (Å²) in [5.74, 6) is -4.37. The fourth-order valence-corrected chi connectivity index (χ4v) is 3.93. The number of anilines is 1. The summed E-state index contributed by atoms with van der Waals surface area (Å²) < 4.78 is 59.7. The summed E-state index contributed by atoms with van der Waals surface area (Å²) in [6, 6.07) is 4.79. The van der Waals surface area contributed by atoms with E-state index in [0.717, 1.165) is 29.9 Å². The SMILES string of the molecule is Cc1nn([C@H](c2ccc(F)cc2)C(C)(F)F)cc1-c1cncc(-c2cc3nc(N)nn3cc2F)n1. The second kappa shape index (κ2) is 8.15. The first-order chi connectivity index (χ1) is 16.6. The molecule has 178 valence electrons. The molecule has 1 atom stereocenters. The van der Waals surface area contributed by atoms with Crippen LogP contribution < -0.4 is 5.73 Å². The van der Waals surface area contributed by atoms with E-state index >= 15 is 0 Å². The molecule has 0 spiro atoms. The lowest BCUT2D eigenvalue weighted by Crippen LogP contribution is -2.29. The first-order valence-electron chi connectivity index (χ1n) is 10.4. The third-order valence-electron chi connectivity index (χ3n) is 5.47. The first kappa shape index (κ1) is 22.4. The Kier molecular flexibility index (Phi) is 5.23. The zero-order chi connectivity index (χ0) is 24.9. The van der Waals surface area contributed by atoms with E-state index in [-0.39, 0.29) is 22.8 Å². The van der Waals surface area contributed by atoms with Crippen molar-refractivity contribution in [3.8, 4) is 22.5 Å². The van der Waals surface area contributed by atoms with Gasteiger partial charge >= 0.3 is 0 Å². The Bertz CT molecular complexity index is 1540. The van der Waals surface area contributed by atoms with Crippen LogP contribution in [0.4, 0.5) is 23.5 Å². The average molecular weight is 482 g/mol. The van der Waals surface area contributed by atoms with Gasteiger partial charge in [-0.25, -0.2) is 27.1 Å². The molecule has 0 bridgehead atoms. The Morgan fingerprint density at radius 3 is 2.31 bits per heavy atom. The lowest BCUT2D eigenvalue weighted by Gasteiger charge is -2.24. The van der Waals surface area contributed by atoms with Crippen LogP contribution in [0.25, 0.3) is 28.2 Å². The number of nitrogens with zero attached hydrogens (tertiary/aromatic N) is 7. The molecule has 0 fully saturated rings. The molecular formula is C23H18F4N8. The molecule has 0 aliphatic heterocycles. The molecular weight excluding hydrogens is 464 g/mol. The van der Waals surface area contributed by atoms with Crippen LogP contribution in [0, 0.1) is 18.6 Å². The summed E-state index contributed by atoms with van der Waals surface area (Å²) in [6.45, 7) is 2.41. The highest BCUT2D eigenvalue weighted by Crippen LogP contribution is 2.36. The maximum atomic E-state index is 14.8. The lowest BCUT2D eigenvalue weighted by molar-refractivity contribution is -0.0217. The summed E-state index contributed by atoms with van der Waals surface area (Å²) in [5.41, 5.74) is 7.56. The molecule has 0 radical (unpaired) electrons. The van der Waals surface area contributed by atoms with Crippen LogP contribution >= 0.6 is 0 Å². The predicted octanol–water partition coefficient (Wildman–Crippen LogP) is 4.46. The molecule has 8 nitrogen and oxygen atoms in total. The monoisotopic (exact) mass is 482 g/mol. The molecule has 0 saturated carbocycles. The van der Waals surface area contributed by atoms with Crippen molar-refractivity contribution >= 4 is 11.6 Å². The van der Waals surface area contributed by atoms with Gasteiger partial charge in [0, 0.05) is 24.2 Å². The van der Waals surface area contributed by atoms with E-state index in [4.69, 9.17) is 5.73 Å². The minimum atomic E-state index is -3.21. The van der Waals surface area contributed by atoms with Gasteiger partial charge in [-0.15, -0.1) is 5.10 Å². The number of nitrogen functional groups attached to an aromatic ring is 1. The number of fused-ring (bicyclic) bond motifs is 1. The summed E-state index contributed by atoms with van der Waals surface area (Å²) in [5, 5.41) is 8.15. The number of benzene rings is 1. The minimum Gasteiger partial charge on any atom is -0.366 e. The van der Waals surface area contributed by atoms with Crippen molar-refractivity contribution in [2.24, 2.45) is 0 Å². The van der Waals surface area contributed by atoms with Crippen molar-refractivity contribution < 1.29 is 17.6 Å². The Balaban J connectivity index is 1.57. The average Bonchev–Trinajstić information content (AvgIpc) is 3.34. The third kappa shape index (κ3) is 4.18. The molecule has 0 unspecified atom stereocenters. The van der Waals surface area contributed by atoms with Gasteiger partial charge in [0.2, 0.25) is 5.95 Å². The van der Waals surface area contributed by atoms with Crippen molar-refractivity contribution in [3.63, 3.8) is 0 Å². The van der Waals surface area contributed by atoms with E-state index in [2.05, 4.69) is 25.1 Å². The Morgan fingerprint density at radius 1 is 0.943 bits per heavy atom. The van der Waals surface area contributed by atoms with Crippen LogP contribution in [-0.4, -0.2) is 40.3 Å². The van der Waals surface area contributed by atoms with Gasteiger partial charge in [0.1, 0.15) is 11.9 Å². The number of aromatic nitrogens is 7. The van der Waals surface area contributed by atoms with Gasteiger partial charge in [0.15, 0.2) is 11.5 Å². The van der Waals surface area contributed by atoms with Gasteiger partial charge in [-0.1, -0.05) is 12.1 Å². The molecule has 35 heavy (non-hydrogen) atoms. The van der Waals surface area contributed by atoms with Gasteiger partial charge in [0.25, 0.3) is 5.92 Å². The number of alkyl halides is 2. The Morgan fingerprint density at radius 2 is 1.63 bits per heavy atom. The highest BCUT2D eigenvalue weighted by Gasteiger charge is 2.38. The van der Waals surface area contributed by atoms with Gasteiger partial charge in [-0.05, 0) is 30.7 Å². The first-order valence-corrected chi connectivity index (χ1v) is 10.4.